The lowest BCUT2D eigenvalue weighted by Crippen LogP contribution is -2.37. The first-order chi connectivity index (χ1) is 8.55. The molecule has 0 aliphatic heterocycles. The van der Waals surface area contributed by atoms with E-state index >= 15 is 0 Å². The minimum absolute atomic E-state index is 0.510. The van der Waals surface area contributed by atoms with Crippen LogP contribution in [0, 0.1) is 11.3 Å². The number of aliphatic carboxylic acids is 1. The van der Waals surface area contributed by atoms with Gasteiger partial charge in [-0.05, 0) is 37.7 Å². The van der Waals surface area contributed by atoms with Crippen molar-refractivity contribution in [3.63, 3.8) is 0 Å². The molecule has 0 aromatic carbocycles. The minimum atomic E-state index is -0.640. The first-order valence-electron chi connectivity index (χ1n) is 6.80. The molecular formula is C14H22N2O2. The maximum atomic E-state index is 11.7. The summed E-state index contributed by atoms with van der Waals surface area (Å²) in [6, 6.07) is 0. The molecule has 1 aliphatic rings. The van der Waals surface area contributed by atoms with Crippen molar-refractivity contribution in [2.24, 2.45) is 11.3 Å². The monoisotopic (exact) mass is 250 g/mol. The summed E-state index contributed by atoms with van der Waals surface area (Å²) in [5, 5.41) is 13.8. The molecule has 1 aromatic rings. The van der Waals surface area contributed by atoms with Crippen LogP contribution in [0.5, 0.6) is 0 Å². The van der Waals surface area contributed by atoms with E-state index in [1.54, 1.807) is 0 Å². The van der Waals surface area contributed by atoms with Crippen molar-refractivity contribution in [3.8, 4) is 0 Å². The van der Waals surface area contributed by atoms with Gasteiger partial charge in [-0.25, -0.2) is 0 Å². The molecular weight excluding hydrogens is 228 g/mol. The van der Waals surface area contributed by atoms with E-state index in [2.05, 4.69) is 12.0 Å². The van der Waals surface area contributed by atoms with Crippen LogP contribution in [0.3, 0.4) is 0 Å². The highest BCUT2D eigenvalue weighted by Gasteiger charge is 2.42. The van der Waals surface area contributed by atoms with Gasteiger partial charge in [0.25, 0.3) is 0 Å². The van der Waals surface area contributed by atoms with E-state index in [1.165, 1.54) is 0 Å². The number of carboxylic acids is 1. The molecule has 2 rings (SSSR count). The van der Waals surface area contributed by atoms with Crippen molar-refractivity contribution in [1.29, 1.82) is 0 Å². The molecule has 2 atom stereocenters. The summed E-state index contributed by atoms with van der Waals surface area (Å²) in [7, 11) is 0. The lowest BCUT2D eigenvalue weighted by atomic mass is 9.67. The maximum Gasteiger partial charge on any atom is 0.309 e. The van der Waals surface area contributed by atoms with Gasteiger partial charge in [0.2, 0.25) is 0 Å². The molecule has 0 amide bonds. The van der Waals surface area contributed by atoms with Gasteiger partial charge in [-0.2, -0.15) is 5.10 Å². The first-order valence-corrected chi connectivity index (χ1v) is 6.80. The third-order valence-corrected chi connectivity index (χ3v) is 4.10. The quantitative estimate of drug-likeness (QED) is 0.894. The second-order valence-electron chi connectivity index (χ2n) is 5.67. The Labute approximate surface area is 108 Å². The Morgan fingerprint density at radius 1 is 1.67 bits per heavy atom. The van der Waals surface area contributed by atoms with Gasteiger partial charge in [-0.1, -0.05) is 19.8 Å². The van der Waals surface area contributed by atoms with Gasteiger partial charge < -0.3 is 5.11 Å². The van der Waals surface area contributed by atoms with Crippen LogP contribution in [0.4, 0.5) is 0 Å². The molecule has 0 spiro atoms. The predicted molar refractivity (Wildman–Crippen MR) is 69.3 cm³/mol. The van der Waals surface area contributed by atoms with E-state index in [0.717, 1.165) is 37.8 Å². The van der Waals surface area contributed by atoms with Crippen molar-refractivity contribution < 1.29 is 9.90 Å². The van der Waals surface area contributed by atoms with Crippen molar-refractivity contribution in [1.82, 2.24) is 9.78 Å². The predicted octanol–water partition coefficient (Wildman–Crippen LogP) is 2.73. The van der Waals surface area contributed by atoms with Crippen LogP contribution in [-0.2, 0) is 17.8 Å². The third-order valence-electron chi connectivity index (χ3n) is 4.10. The Kier molecular flexibility index (Phi) is 3.73. The normalized spacial score (nSPS) is 28.2. The summed E-state index contributed by atoms with van der Waals surface area (Å²) in [5.41, 5.74) is 0.479. The lowest BCUT2D eigenvalue weighted by molar-refractivity contribution is -0.152. The summed E-state index contributed by atoms with van der Waals surface area (Å²) in [4.78, 5) is 11.7. The Morgan fingerprint density at radius 2 is 2.44 bits per heavy atom. The van der Waals surface area contributed by atoms with Crippen LogP contribution in [0.25, 0.3) is 0 Å². The average Bonchev–Trinajstić information content (AvgIpc) is 2.76. The summed E-state index contributed by atoms with van der Waals surface area (Å²) in [6.45, 7) is 5.02. The molecule has 1 fully saturated rings. The van der Waals surface area contributed by atoms with Gasteiger partial charge >= 0.3 is 5.97 Å². The van der Waals surface area contributed by atoms with E-state index in [0.29, 0.717) is 12.3 Å². The van der Waals surface area contributed by atoms with Crippen LogP contribution < -0.4 is 0 Å². The largest absolute Gasteiger partial charge is 0.481 e. The van der Waals surface area contributed by atoms with E-state index in [-0.39, 0.29) is 0 Å². The Bertz CT molecular complexity index is 427. The highest BCUT2D eigenvalue weighted by molar-refractivity contribution is 5.75. The van der Waals surface area contributed by atoms with Gasteiger partial charge in [0, 0.05) is 12.7 Å². The van der Waals surface area contributed by atoms with Crippen molar-refractivity contribution >= 4 is 5.97 Å². The Morgan fingerprint density at radius 3 is 3.00 bits per heavy atom. The average molecular weight is 250 g/mol. The van der Waals surface area contributed by atoms with Crippen LogP contribution >= 0.6 is 0 Å². The molecule has 1 aliphatic carbocycles. The van der Waals surface area contributed by atoms with Crippen LogP contribution in [0.1, 0.15) is 45.1 Å². The Hall–Kier alpha value is -1.32. The van der Waals surface area contributed by atoms with Crippen molar-refractivity contribution in [3.05, 3.63) is 18.0 Å². The number of aromatic nitrogens is 2. The third kappa shape index (κ3) is 2.57. The standard InChI is InChI=1S/C14H22N2O2/c1-3-16-10-12(9-15-16)8-14(13(17)18)6-4-5-11(2)7-14/h9-11H,3-8H2,1-2H3,(H,17,18). The number of carboxylic acid groups (broad SMARTS) is 1. The zero-order chi connectivity index (χ0) is 13.2. The number of hydrogen-bond donors (Lipinski definition) is 1. The number of hydrogen-bond acceptors (Lipinski definition) is 2. The molecule has 1 aromatic heterocycles. The van der Waals surface area contributed by atoms with Crippen molar-refractivity contribution in [2.75, 3.05) is 0 Å². The molecule has 0 radical (unpaired) electrons. The molecule has 18 heavy (non-hydrogen) atoms. The fourth-order valence-electron chi connectivity index (χ4n) is 3.15. The maximum absolute atomic E-state index is 11.7. The summed E-state index contributed by atoms with van der Waals surface area (Å²) in [6.07, 6.45) is 8.17. The van der Waals surface area contributed by atoms with Gasteiger partial charge in [0.15, 0.2) is 0 Å². The molecule has 100 valence electrons. The number of aryl methyl sites for hydroxylation is 1. The number of nitrogens with zero attached hydrogens (tertiary/aromatic N) is 2. The molecule has 1 saturated carbocycles. The van der Waals surface area contributed by atoms with E-state index in [4.69, 9.17) is 0 Å². The number of rotatable bonds is 4. The second-order valence-corrected chi connectivity index (χ2v) is 5.67. The zero-order valence-electron chi connectivity index (χ0n) is 11.2. The van der Waals surface area contributed by atoms with Crippen LogP contribution in [0.2, 0.25) is 0 Å². The van der Waals surface area contributed by atoms with Crippen LogP contribution in [0.15, 0.2) is 12.4 Å². The summed E-state index contributed by atoms with van der Waals surface area (Å²) >= 11 is 0. The SMILES string of the molecule is CCn1cc(CC2(C(=O)O)CCCC(C)C2)cn1. The lowest BCUT2D eigenvalue weighted by Gasteiger charge is -2.36. The van der Waals surface area contributed by atoms with Crippen LogP contribution in [-0.4, -0.2) is 20.9 Å². The minimum Gasteiger partial charge on any atom is -0.481 e. The summed E-state index contributed by atoms with van der Waals surface area (Å²) in [5.74, 6) is -0.130. The highest BCUT2D eigenvalue weighted by Crippen LogP contribution is 2.42. The van der Waals surface area contributed by atoms with E-state index in [1.807, 2.05) is 24.0 Å². The fraction of sp³-hybridized carbons (Fsp3) is 0.714. The highest BCUT2D eigenvalue weighted by atomic mass is 16.4. The molecule has 4 heteroatoms. The van der Waals surface area contributed by atoms with Gasteiger partial charge in [-0.15, -0.1) is 0 Å². The molecule has 0 bridgehead atoms. The fourth-order valence-corrected chi connectivity index (χ4v) is 3.15. The van der Waals surface area contributed by atoms with Gasteiger partial charge in [0.1, 0.15) is 0 Å². The zero-order valence-corrected chi connectivity index (χ0v) is 11.2. The van der Waals surface area contributed by atoms with Gasteiger partial charge in [0.05, 0.1) is 11.6 Å². The van der Waals surface area contributed by atoms with Gasteiger partial charge in [-0.3, -0.25) is 9.48 Å². The first kappa shape index (κ1) is 13.1. The summed E-state index contributed by atoms with van der Waals surface area (Å²) < 4.78 is 1.86. The molecule has 1 heterocycles. The topological polar surface area (TPSA) is 55.1 Å². The smallest absolute Gasteiger partial charge is 0.309 e. The second kappa shape index (κ2) is 5.12. The number of carbonyl (C=O) groups is 1. The molecule has 0 saturated heterocycles. The van der Waals surface area contributed by atoms with Crippen molar-refractivity contribution in [2.45, 2.75) is 52.5 Å². The van der Waals surface area contributed by atoms with E-state index < -0.39 is 11.4 Å². The molecule has 2 unspecified atom stereocenters. The Balaban J connectivity index is 2.17. The molecule has 4 nitrogen and oxygen atoms in total. The molecule has 1 N–H and O–H groups in total. The van der Waals surface area contributed by atoms with E-state index in [9.17, 15) is 9.90 Å².